The highest BCUT2D eigenvalue weighted by Gasteiger charge is 2.50. The molecule has 6 heteroatoms. The van der Waals surface area contributed by atoms with Gasteiger partial charge in [-0.3, -0.25) is 9.69 Å². The third-order valence-corrected chi connectivity index (χ3v) is 8.26. The molecule has 2 heterocycles. The van der Waals surface area contributed by atoms with Crippen LogP contribution in [0.2, 0.25) is 4.34 Å². The fraction of sp³-hybridized carbons (Fsp3) is 0.762. The van der Waals surface area contributed by atoms with Gasteiger partial charge in [-0.15, -0.1) is 11.3 Å². The van der Waals surface area contributed by atoms with Gasteiger partial charge in [0, 0.05) is 25.1 Å². The van der Waals surface area contributed by atoms with Crippen LogP contribution in [0.4, 0.5) is 0 Å². The molecule has 3 rings (SSSR count). The molecule has 2 aliphatic rings. The highest BCUT2D eigenvalue weighted by atomic mass is 35.5. The van der Waals surface area contributed by atoms with E-state index in [9.17, 15) is 4.79 Å². The van der Waals surface area contributed by atoms with E-state index in [1.54, 1.807) is 18.4 Å². The maximum Gasteiger partial charge on any atom is 0.230 e. The molecule has 0 radical (unpaired) electrons. The van der Waals surface area contributed by atoms with Gasteiger partial charge in [0.15, 0.2) is 0 Å². The lowest BCUT2D eigenvalue weighted by molar-refractivity contribution is -0.142. The topological polar surface area (TPSA) is 32.8 Å². The van der Waals surface area contributed by atoms with Crippen molar-refractivity contribution in [1.82, 2.24) is 9.80 Å². The maximum absolute atomic E-state index is 13.0. The summed E-state index contributed by atoms with van der Waals surface area (Å²) in [6, 6.07) is 4.22. The molecule has 1 aliphatic carbocycles. The number of carbonyl (C=O) groups is 1. The molecule has 27 heavy (non-hydrogen) atoms. The number of likely N-dealkylation sites (tertiary alicyclic amines) is 1. The predicted octanol–water partition coefficient (Wildman–Crippen LogP) is 4.62. The minimum absolute atomic E-state index is 0.0792. The van der Waals surface area contributed by atoms with Gasteiger partial charge >= 0.3 is 0 Å². The lowest BCUT2D eigenvalue weighted by Gasteiger charge is -2.48. The van der Waals surface area contributed by atoms with E-state index in [0.717, 1.165) is 49.5 Å². The van der Waals surface area contributed by atoms with Gasteiger partial charge in [0.25, 0.3) is 0 Å². The van der Waals surface area contributed by atoms with E-state index in [-0.39, 0.29) is 16.9 Å². The lowest BCUT2D eigenvalue weighted by atomic mass is 9.66. The van der Waals surface area contributed by atoms with Gasteiger partial charge < -0.3 is 9.64 Å². The Balaban J connectivity index is 1.70. The Labute approximate surface area is 172 Å². The third kappa shape index (κ3) is 3.93. The Morgan fingerprint density at radius 3 is 2.44 bits per heavy atom. The molecular weight excluding hydrogens is 380 g/mol. The zero-order valence-corrected chi connectivity index (χ0v) is 18.9. The summed E-state index contributed by atoms with van der Waals surface area (Å²) in [6.07, 6.45) is 5.70. The fourth-order valence-electron chi connectivity index (χ4n) is 5.04. The van der Waals surface area contributed by atoms with Crippen molar-refractivity contribution in [3.63, 3.8) is 0 Å². The van der Waals surface area contributed by atoms with Crippen molar-refractivity contribution in [2.45, 2.75) is 51.5 Å². The number of methoxy groups -OCH3 is 1. The normalized spacial score (nSPS) is 29.1. The molecule has 1 saturated heterocycles. The molecule has 0 bridgehead atoms. The monoisotopic (exact) mass is 412 g/mol. The van der Waals surface area contributed by atoms with E-state index >= 15 is 0 Å². The standard InChI is InChI=1S/C21H33ClN2O2S/c1-19(2,15-26-5)18(25)24-13-12-20(14-24)8-10-21(11-9-20,23(3)4)16-6-7-17(22)27-16/h6-7H,8-15H2,1-5H3. The first-order valence-electron chi connectivity index (χ1n) is 9.86. The first-order valence-corrected chi connectivity index (χ1v) is 11.1. The molecule has 4 nitrogen and oxygen atoms in total. The molecule has 0 aromatic carbocycles. The number of rotatable bonds is 5. The Morgan fingerprint density at radius 2 is 1.93 bits per heavy atom. The summed E-state index contributed by atoms with van der Waals surface area (Å²) in [5.41, 5.74) is -0.0920. The van der Waals surface area contributed by atoms with E-state index < -0.39 is 5.41 Å². The van der Waals surface area contributed by atoms with Crippen molar-refractivity contribution < 1.29 is 9.53 Å². The number of hydrogen-bond acceptors (Lipinski definition) is 4. The minimum atomic E-state index is -0.448. The van der Waals surface area contributed by atoms with Crippen LogP contribution in [0.15, 0.2) is 12.1 Å². The molecule has 0 unspecified atom stereocenters. The van der Waals surface area contributed by atoms with Crippen molar-refractivity contribution in [3.8, 4) is 0 Å². The summed E-state index contributed by atoms with van der Waals surface area (Å²) >= 11 is 7.95. The summed E-state index contributed by atoms with van der Waals surface area (Å²) in [6.45, 7) is 6.22. The highest BCUT2D eigenvalue weighted by molar-refractivity contribution is 7.16. The highest BCUT2D eigenvalue weighted by Crippen LogP contribution is 2.53. The zero-order valence-electron chi connectivity index (χ0n) is 17.3. The second kappa shape index (κ2) is 7.66. The summed E-state index contributed by atoms with van der Waals surface area (Å²) < 4.78 is 6.13. The van der Waals surface area contributed by atoms with Gasteiger partial charge in [-0.05, 0) is 77.6 Å². The molecule has 1 saturated carbocycles. The second-order valence-electron chi connectivity index (χ2n) is 9.32. The Bertz CT molecular complexity index is 677. The number of amides is 1. The summed E-state index contributed by atoms with van der Waals surface area (Å²) in [5, 5.41) is 0. The van der Waals surface area contributed by atoms with Gasteiger partial charge in [0.1, 0.15) is 0 Å². The zero-order chi connectivity index (χ0) is 19.9. The minimum Gasteiger partial charge on any atom is -0.384 e. The quantitative estimate of drug-likeness (QED) is 0.707. The number of hydrogen-bond donors (Lipinski definition) is 0. The van der Waals surface area contributed by atoms with Crippen LogP contribution in [0.3, 0.4) is 0 Å². The van der Waals surface area contributed by atoms with Gasteiger partial charge in [-0.1, -0.05) is 11.6 Å². The number of halogens is 1. The van der Waals surface area contributed by atoms with Crippen LogP contribution < -0.4 is 0 Å². The van der Waals surface area contributed by atoms with E-state index in [4.69, 9.17) is 16.3 Å². The molecule has 0 N–H and O–H groups in total. The average Bonchev–Trinajstić information content (AvgIpc) is 3.22. The predicted molar refractivity (Wildman–Crippen MR) is 112 cm³/mol. The maximum atomic E-state index is 13.0. The molecule has 0 atom stereocenters. The number of carbonyl (C=O) groups excluding carboxylic acids is 1. The van der Waals surface area contributed by atoms with Crippen molar-refractivity contribution in [1.29, 1.82) is 0 Å². The molecule has 152 valence electrons. The number of thiophene rings is 1. The van der Waals surface area contributed by atoms with Crippen LogP contribution in [0.25, 0.3) is 0 Å². The summed E-state index contributed by atoms with van der Waals surface area (Å²) in [5.74, 6) is 0.232. The van der Waals surface area contributed by atoms with Crippen molar-refractivity contribution >= 4 is 28.8 Å². The van der Waals surface area contributed by atoms with Crippen LogP contribution in [0.5, 0.6) is 0 Å². The summed E-state index contributed by atoms with van der Waals surface area (Å²) in [4.78, 5) is 18.8. The van der Waals surface area contributed by atoms with Crippen LogP contribution in [0.1, 0.15) is 50.8 Å². The van der Waals surface area contributed by atoms with Gasteiger partial charge in [0.2, 0.25) is 5.91 Å². The van der Waals surface area contributed by atoms with E-state index in [1.165, 1.54) is 4.88 Å². The van der Waals surface area contributed by atoms with Crippen LogP contribution in [0, 0.1) is 10.8 Å². The molecule has 1 spiro atoms. The van der Waals surface area contributed by atoms with Crippen molar-refractivity contribution in [2.75, 3.05) is 40.9 Å². The third-order valence-electron chi connectivity index (χ3n) is 6.84. The largest absolute Gasteiger partial charge is 0.384 e. The fourth-order valence-corrected chi connectivity index (χ4v) is 6.41. The molecule has 1 aromatic heterocycles. The Morgan fingerprint density at radius 1 is 1.26 bits per heavy atom. The molecule has 2 fully saturated rings. The van der Waals surface area contributed by atoms with Crippen molar-refractivity contribution in [3.05, 3.63) is 21.3 Å². The van der Waals surface area contributed by atoms with Gasteiger partial charge in [-0.25, -0.2) is 0 Å². The lowest BCUT2D eigenvalue weighted by Crippen LogP contribution is -2.48. The van der Waals surface area contributed by atoms with Gasteiger partial charge in [-0.2, -0.15) is 0 Å². The Kier molecular flexibility index (Phi) is 5.98. The number of nitrogens with zero attached hydrogens (tertiary/aromatic N) is 2. The molecule has 1 aliphatic heterocycles. The van der Waals surface area contributed by atoms with E-state index in [1.807, 2.05) is 19.9 Å². The van der Waals surface area contributed by atoms with E-state index in [2.05, 4.69) is 30.0 Å². The smallest absolute Gasteiger partial charge is 0.230 e. The van der Waals surface area contributed by atoms with Crippen molar-refractivity contribution in [2.24, 2.45) is 10.8 Å². The SMILES string of the molecule is COCC(C)(C)C(=O)N1CCC2(CCC(c3ccc(Cl)s3)(N(C)C)CC2)C1. The second-order valence-corrected chi connectivity index (χ2v) is 11.0. The van der Waals surface area contributed by atoms with Crippen LogP contribution in [-0.2, 0) is 15.1 Å². The first-order chi connectivity index (χ1) is 12.6. The van der Waals surface area contributed by atoms with Crippen LogP contribution >= 0.6 is 22.9 Å². The first kappa shape index (κ1) is 21.1. The molecule has 1 aromatic rings. The van der Waals surface area contributed by atoms with E-state index in [0.29, 0.717) is 6.61 Å². The molecule has 1 amide bonds. The Hall–Kier alpha value is -0.620. The average molecular weight is 413 g/mol. The van der Waals surface area contributed by atoms with Crippen LogP contribution in [-0.4, -0.2) is 56.6 Å². The molecular formula is C21H33ClN2O2S. The van der Waals surface area contributed by atoms with Gasteiger partial charge in [0.05, 0.1) is 21.9 Å². The summed E-state index contributed by atoms with van der Waals surface area (Å²) in [7, 11) is 6.03. The number of ether oxygens (including phenoxy) is 1.